The standard InChI is InChI=1S/C15H21NO3/c1-4-10-16-15(17)9-7-12-6-8-13(19-5-2)14(11-12)18-3/h6-9,11H,4-5,10H2,1-3H3,(H,16,17)/b9-7+. The van der Waals surface area contributed by atoms with Gasteiger partial charge in [-0.1, -0.05) is 13.0 Å². The van der Waals surface area contributed by atoms with Crippen molar-refractivity contribution < 1.29 is 14.3 Å². The average molecular weight is 263 g/mol. The summed E-state index contributed by atoms with van der Waals surface area (Å²) >= 11 is 0. The Morgan fingerprint density at radius 2 is 2.11 bits per heavy atom. The second-order valence-electron chi connectivity index (χ2n) is 3.97. The summed E-state index contributed by atoms with van der Waals surface area (Å²) in [6, 6.07) is 5.57. The highest BCUT2D eigenvalue weighted by Gasteiger charge is 2.03. The Morgan fingerprint density at radius 1 is 1.32 bits per heavy atom. The van der Waals surface area contributed by atoms with Gasteiger partial charge in [0.05, 0.1) is 13.7 Å². The maximum absolute atomic E-state index is 11.4. The molecule has 4 heteroatoms. The monoisotopic (exact) mass is 263 g/mol. The summed E-state index contributed by atoms with van der Waals surface area (Å²) in [6.45, 7) is 5.22. The van der Waals surface area contributed by atoms with Crippen LogP contribution in [0.25, 0.3) is 6.08 Å². The van der Waals surface area contributed by atoms with E-state index in [0.29, 0.717) is 24.7 Å². The molecule has 0 bridgehead atoms. The maximum Gasteiger partial charge on any atom is 0.243 e. The van der Waals surface area contributed by atoms with E-state index in [0.717, 1.165) is 12.0 Å². The molecule has 0 aromatic heterocycles. The lowest BCUT2D eigenvalue weighted by Crippen LogP contribution is -2.21. The largest absolute Gasteiger partial charge is 0.493 e. The van der Waals surface area contributed by atoms with Crippen molar-refractivity contribution in [2.45, 2.75) is 20.3 Å². The number of amides is 1. The van der Waals surface area contributed by atoms with Crippen LogP contribution in [0, 0.1) is 0 Å². The molecule has 0 aliphatic heterocycles. The van der Waals surface area contributed by atoms with E-state index in [9.17, 15) is 4.79 Å². The minimum Gasteiger partial charge on any atom is -0.493 e. The van der Waals surface area contributed by atoms with E-state index in [4.69, 9.17) is 9.47 Å². The summed E-state index contributed by atoms with van der Waals surface area (Å²) in [5.41, 5.74) is 0.895. The zero-order chi connectivity index (χ0) is 14.1. The predicted octanol–water partition coefficient (Wildman–Crippen LogP) is 2.63. The quantitative estimate of drug-likeness (QED) is 0.769. The average Bonchev–Trinajstić information content (AvgIpc) is 2.44. The van der Waals surface area contributed by atoms with Gasteiger partial charge in [0, 0.05) is 12.6 Å². The minimum atomic E-state index is -0.0882. The molecule has 0 aliphatic carbocycles. The van der Waals surface area contributed by atoms with Gasteiger partial charge in [0.25, 0.3) is 0 Å². The number of benzene rings is 1. The van der Waals surface area contributed by atoms with Gasteiger partial charge in [0.1, 0.15) is 0 Å². The van der Waals surface area contributed by atoms with Gasteiger partial charge in [-0.2, -0.15) is 0 Å². The van der Waals surface area contributed by atoms with Crippen molar-refractivity contribution in [2.24, 2.45) is 0 Å². The fourth-order valence-electron chi connectivity index (χ4n) is 1.54. The van der Waals surface area contributed by atoms with Gasteiger partial charge in [-0.05, 0) is 37.1 Å². The zero-order valence-electron chi connectivity index (χ0n) is 11.7. The molecule has 0 radical (unpaired) electrons. The van der Waals surface area contributed by atoms with E-state index < -0.39 is 0 Å². The van der Waals surface area contributed by atoms with Crippen LogP contribution in [0.2, 0.25) is 0 Å². The minimum absolute atomic E-state index is 0.0882. The molecule has 4 nitrogen and oxygen atoms in total. The highest BCUT2D eigenvalue weighted by molar-refractivity contribution is 5.91. The smallest absolute Gasteiger partial charge is 0.243 e. The topological polar surface area (TPSA) is 47.6 Å². The highest BCUT2D eigenvalue weighted by atomic mass is 16.5. The van der Waals surface area contributed by atoms with Crippen LogP contribution in [0.5, 0.6) is 11.5 Å². The fourth-order valence-corrected chi connectivity index (χ4v) is 1.54. The molecule has 0 fully saturated rings. The Kier molecular flexibility index (Phi) is 6.50. The first kappa shape index (κ1) is 15.1. The van der Waals surface area contributed by atoms with Crippen LogP contribution in [0.15, 0.2) is 24.3 Å². The Balaban J connectivity index is 2.73. The predicted molar refractivity (Wildman–Crippen MR) is 76.5 cm³/mol. The third kappa shape index (κ3) is 5.04. The van der Waals surface area contributed by atoms with Crippen LogP contribution < -0.4 is 14.8 Å². The van der Waals surface area contributed by atoms with Crippen LogP contribution in [-0.2, 0) is 4.79 Å². The number of nitrogens with one attached hydrogen (secondary N) is 1. The molecule has 0 saturated carbocycles. The second kappa shape index (κ2) is 8.19. The highest BCUT2D eigenvalue weighted by Crippen LogP contribution is 2.28. The number of methoxy groups -OCH3 is 1. The summed E-state index contributed by atoms with van der Waals surface area (Å²) < 4.78 is 10.7. The molecule has 0 atom stereocenters. The molecular formula is C15H21NO3. The van der Waals surface area contributed by atoms with Crippen molar-refractivity contribution in [1.82, 2.24) is 5.32 Å². The van der Waals surface area contributed by atoms with Crippen LogP contribution >= 0.6 is 0 Å². The van der Waals surface area contributed by atoms with E-state index in [1.807, 2.05) is 32.0 Å². The molecule has 0 aliphatic rings. The van der Waals surface area contributed by atoms with E-state index in [-0.39, 0.29) is 5.91 Å². The first-order chi connectivity index (χ1) is 9.21. The van der Waals surface area contributed by atoms with Crippen LogP contribution in [0.3, 0.4) is 0 Å². The van der Waals surface area contributed by atoms with Crippen molar-refractivity contribution in [2.75, 3.05) is 20.3 Å². The summed E-state index contributed by atoms with van der Waals surface area (Å²) in [5.74, 6) is 1.28. The van der Waals surface area contributed by atoms with E-state index in [1.54, 1.807) is 13.2 Å². The van der Waals surface area contributed by atoms with Crippen LogP contribution in [-0.4, -0.2) is 26.2 Å². The molecule has 1 aromatic carbocycles. The number of ether oxygens (including phenoxy) is 2. The lowest BCUT2D eigenvalue weighted by atomic mass is 10.2. The third-order valence-corrected chi connectivity index (χ3v) is 2.46. The van der Waals surface area contributed by atoms with Gasteiger partial charge >= 0.3 is 0 Å². The lowest BCUT2D eigenvalue weighted by Gasteiger charge is -2.09. The van der Waals surface area contributed by atoms with Gasteiger partial charge in [0.2, 0.25) is 5.91 Å². The third-order valence-electron chi connectivity index (χ3n) is 2.46. The van der Waals surface area contributed by atoms with E-state index in [2.05, 4.69) is 5.32 Å². The number of carbonyl (C=O) groups is 1. The Hall–Kier alpha value is -1.97. The molecular weight excluding hydrogens is 242 g/mol. The number of carbonyl (C=O) groups excluding carboxylic acids is 1. The molecule has 1 rings (SSSR count). The SMILES string of the molecule is CCCNC(=O)/C=C/c1ccc(OCC)c(OC)c1. The Morgan fingerprint density at radius 3 is 2.74 bits per heavy atom. The van der Waals surface area contributed by atoms with Gasteiger partial charge in [-0.3, -0.25) is 4.79 Å². The van der Waals surface area contributed by atoms with Crippen molar-refractivity contribution >= 4 is 12.0 Å². The van der Waals surface area contributed by atoms with Crippen LogP contribution in [0.4, 0.5) is 0 Å². The van der Waals surface area contributed by atoms with Gasteiger partial charge in [-0.25, -0.2) is 0 Å². The van der Waals surface area contributed by atoms with Gasteiger partial charge in [0.15, 0.2) is 11.5 Å². The Labute approximate surface area is 114 Å². The summed E-state index contributed by atoms with van der Waals surface area (Å²) in [4.78, 5) is 11.4. The first-order valence-corrected chi connectivity index (χ1v) is 6.48. The maximum atomic E-state index is 11.4. The first-order valence-electron chi connectivity index (χ1n) is 6.48. The summed E-state index contributed by atoms with van der Waals surface area (Å²) in [6.07, 6.45) is 4.20. The summed E-state index contributed by atoms with van der Waals surface area (Å²) in [5, 5.41) is 2.78. The molecule has 0 unspecified atom stereocenters. The Bertz CT molecular complexity index is 441. The van der Waals surface area contributed by atoms with Crippen LogP contribution in [0.1, 0.15) is 25.8 Å². The lowest BCUT2D eigenvalue weighted by molar-refractivity contribution is -0.116. The van der Waals surface area contributed by atoms with Crippen molar-refractivity contribution in [3.8, 4) is 11.5 Å². The fraction of sp³-hybridized carbons (Fsp3) is 0.400. The number of hydrogen-bond donors (Lipinski definition) is 1. The molecule has 104 valence electrons. The van der Waals surface area contributed by atoms with Gasteiger partial charge < -0.3 is 14.8 Å². The number of hydrogen-bond acceptors (Lipinski definition) is 3. The molecule has 19 heavy (non-hydrogen) atoms. The normalized spacial score (nSPS) is 10.5. The second-order valence-corrected chi connectivity index (χ2v) is 3.97. The molecule has 0 saturated heterocycles. The molecule has 0 heterocycles. The zero-order valence-corrected chi connectivity index (χ0v) is 11.7. The van der Waals surface area contributed by atoms with E-state index in [1.165, 1.54) is 6.08 Å². The van der Waals surface area contributed by atoms with Gasteiger partial charge in [-0.15, -0.1) is 0 Å². The van der Waals surface area contributed by atoms with Crippen molar-refractivity contribution in [3.63, 3.8) is 0 Å². The molecule has 0 spiro atoms. The molecule has 1 amide bonds. The van der Waals surface area contributed by atoms with E-state index >= 15 is 0 Å². The van der Waals surface area contributed by atoms with Crippen molar-refractivity contribution in [3.05, 3.63) is 29.8 Å². The molecule has 1 N–H and O–H groups in total. The van der Waals surface area contributed by atoms with Crippen molar-refractivity contribution in [1.29, 1.82) is 0 Å². The number of rotatable bonds is 7. The summed E-state index contributed by atoms with van der Waals surface area (Å²) in [7, 11) is 1.60. The molecule has 1 aromatic rings.